The van der Waals surface area contributed by atoms with E-state index in [0.29, 0.717) is 10.9 Å². The fourth-order valence-electron chi connectivity index (χ4n) is 2.70. The standard InChI is InChI=1S/C20H19N3O3/c1-23(2)18-12-13(10-11-21-18)22-17-9-8-16(19(24)20(25)26-3)14-6-4-5-7-15(14)17/h4-12H,1-3H3,(H,21,22). The Balaban J connectivity index is 2.05. The van der Waals surface area contributed by atoms with E-state index in [1.54, 1.807) is 18.3 Å². The summed E-state index contributed by atoms with van der Waals surface area (Å²) in [5.41, 5.74) is 2.03. The molecule has 0 bridgehead atoms. The van der Waals surface area contributed by atoms with E-state index in [9.17, 15) is 9.59 Å². The summed E-state index contributed by atoms with van der Waals surface area (Å²) in [4.78, 5) is 30.1. The van der Waals surface area contributed by atoms with Crippen LogP contribution >= 0.6 is 0 Å². The predicted molar refractivity (Wildman–Crippen MR) is 102 cm³/mol. The first-order valence-electron chi connectivity index (χ1n) is 8.06. The lowest BCUT2D eigenvalue weighted by molar-refractivity contribution is -0.135. The Morgan fingerprint density at radius 1 is 1.04 bits per heavy atom. The SMILES string of the molecule is COC(=O)C(=O)c1ccc(Nc2ccnc(N(C)C)c2)c2ccccc12. The van der Waals surface area contributed by atoms with Crippen LogP contribution in [0.2, 0.25) is 0 Å². The van der Waals surface area contributed by atoms with E-state index in [2.05, 4.69) is 15.0 Å². The third kappa shape index (κ3) is 3.35. The van der Waals surface area contributed by atoms with Gasteiger partial charge in [0.05, 0.1) is 7.11 Å². The quantitative estimate of drug-likeness (QED) is 0.432. The van der Waals surface area contributed by atoms with Gasteiger partial charge in [-0.15, -0.1) is 0 Å². The number of carbonyl (C=O) groups excluding carboxylic acids is 2. The molecule has 1 aromatic heterocycles. The third-order valence-electron chi connectivity index (χ3n) is 4.02. The first-order valence-corrected chi connectivity index (χ1v) is 8.06. The van der Waals surface area contributed by atoms with Crippen molar-refractivity contribution in [2.24, 2.45) is 0 Å². The predicted octanol–water partition coefficient (Wildman–Crippen LogP) is 3.40. The highest BCUT2D eigenvalue weighted by Crippen LogP contribution is 2.30. The van der Waals surface area contributed by atoms with E-state index in [1.807, 2.05) is 55.4 Å². The minimum Gasteiger partial charge on any atom is -0.463 e. The normalized spacial score (nSPS) is 10.4. The van der Waals surface area contributed by atoms with Gasteiger partial charge in [-0.2, -0.15) is 0 Å². The molecular formula is C20H19N3O3. The van der Waals surface area contributed by atoms with Gasteiger partial charge in [0.2, 0.25) is 0 Å². The summed E-state index contributed by atoms with van der Waals surface area (Å²) < 4.78 is 4.56. The molecule has 0 radical (unpaired) electrons. The van der Waals surface area contributed by atoms with Crippen LogP contribution in [0.3, 0.4) is 0 Å². The number of fused-ring (bicyclic) bond motifs is 1. The number of rotatable bonds is 5. The molecule has 6 nitrogen and oxygen atoms in total. The second-order valence-electron chi connectivity index (χ2n) is 5.95. The molecule has 0 atom stereocenters. The number of ether oxygens (including phenoxy) is 1. The zero-order chi connectivity index (χ0) is 18.7. The average molecular weight is 349 g/mol. The van der Waals surface area contributed by atoms with E-state index < -0.39 is 11.8 Å². The Bertz CT molecular complexity index is 983. The molecule has 0 aliphatic rings. The van der Waals surface area contributed by atoms with Crippen LogP contribution in [0.5, 0.6) is 0 Å². The van der Waals surface area contributed by atoms with Gasteiger partial charge < -0.3 is 15.0 Å². The molecule has 0 saturated carbocycles. The van der Waals surface area contributed by atoms with Crippen molar-refractivity contribution >= 4 is 39.7 Å². The smallest absolute Gasteiger partial charge is 0.379 e. The Morgan fingerprint density at radius 2 is 1.77 bits per heavy atom. The highest BCUT2D eigenvalue weighted by molar-refractivity contribution is 6.43. The molecule has 26 heavy (non-hydrogen) atoms. The second-order valence-corrected chi connectivity index (χ2v) is 5.95. The molecule has 0 amide bonds. The highest BCUT2D eigenvalue weighted by Gasteiger charge is 2.20. The van der Waals surface area contributed by atoms with Crippen LogP contribution in [-0.2, 0) is 9.53 Å². The van der Waals surface area contributed by atoms with Gasteiger partial charge in [0, 0.05) is 48.7 Å². The van der Waals surface area contributed by atoms with Crippen molar-refractivity contribution in [2.75, 3.05) is 31.4 Å². The number of esters is 1. The number of methoxy groups -OCH3 is 1. The topological polar surface area (TPSA) is 71.5 Å². The maximum Gasteiger partial charge on any atom is 0.379 e. The number of ketones is 1. The Morgan fingerprint density at radius 3 is 2.46 bits per heavy atom. The first kappa shape index (κ1) is 17.4. The second kappa shape index (κ2) is 7.23. The van der Waals surface area contributed by atoms with Gasteiger partial charge in [-0.25, -0.2) is 9.78 Å². The summed E-state index contributed by atoms with van der Waals surface area (Å²) in [6.45, 7) is 0. The number of pyridine rings is 1. The lowest BCUT2D eigenvalue weighted by atomic mass is 9.99. The van der Waals surface area contributed by atoms with E-state index >= 15 is 0 Å². The number of aromatic nitrogens is 1. The summed E-state index contributed by atoms with van der Waals surface area (Å²) in [7, 11) is 5.05. The first-order chi connectivity index (χ1) is 12.5. The van der Waals surface area contributed by atoms with Gasteiger partial charge in [-0.1, -0.05) is 24.3 Å². The molecule has 6 heteroatoms. The maximum absolute atomic E-state index is 12.3. The van der Waals surface area contributed by atoms with Gasteiger partial charge >= 0.3 is 5.97 Å². The summed E-state index contributed by atoms with van der Waals surface area (Å²) in [5.74, 6) is -0.702. The van der Waals surface area contributed by atoms with Gasteiger partial charge in [0.25, 0.3) is 5.78 Å². The van der Waals surface area contributed by atoms with E-state index in [-0.39, 0.29) is 0 Å². The van der Waals surface area contributed by atoms with Crippen LogP contribution in [0.15, 0.2) is 54.7 Å². The molecular weight excluding hydrogens is 330 g/mol. The van der Waals surface area contributed by atoms with Gasteiger partial charge in [0.15, 0.2) is 0 Å². The van der Waals surface area contributed by atoms with E-state index in [1.165, 1.54) is 7.11 Å². The van der Waals surface area contributed by atoms with E-state index in [0.717, 1.165) is 22.6 Å². The number of carbonyl (C=O) groups is 2. The number of hydrogen-bond donors (Lipinski definition) is 1. The molecule has 0 aliphatic heterocycles. The molecule has 2 aromatic carbocycles. The van der Waals surface area contributed by atoms with Crippen LogP contribution in [0.25, 0.3) is 10.8 Å². The van der Waals surface area contributed by atoms with Crippen molar-refractivity contribution in [1.29, 1.82) is 0 Å². The Labute approximate surface area is 151 Å². The monoisotopic (exact) mass is 349 g/mol. The molecule has 0 fully saturated rings. The van der Waals surface area contributed by atoms with E-state index in [4.69, 9.17) is 0 Å². The number of benzene rings is 2. The lowest BCUT2D eigenvalue weighted by Crippen LogP contribution is -2.16. The van der Waals surface area contributed by atoms with Crippen molar-refractivity contribution in [1.82, 2.24) is 4.98 Å². The number of hydrogen-bond acceptors (Lipinski definition) is 6. The highest BCUT2D eigenvalue weighted by atomic mass is 16.5. The summed E-state index contributed by atoms with van der Waals surface area (Å²) in [6, 6.07) is 14.7. The number of Topliss-reactive ketones (excluding diaryl/α,β-unsaturated/α-hetero) is 1. The largest absolute Gasteiger partial charge is 0.463 e. The summed E-state index contributed by atoms with van der Waals surface area (Å²) >= 11 is 0. The molecule has 0 aliphatic carbocycles. The molecule has 3 rings (SSSR count). The Hall–Kier alpha value is -3.41. The van der Waals surface area contributed by atoms with Crippen LogP contribution in [0.1, 0.15) is 10.4 Å². The van der Waals surface area contributed by atoms with Crippen LogP contribution < -0.4 is 10.2 Å². The molecule has 3 aromatic rings. The molecule has 1 heterocycles. The maximum atomic E-state index is 12.3. The lowest BCUT2D eigenvalue weighted by Gasteiger charge is -2.15. The molecule has 1 N–H and O–H groups in total. The van der Waals surface area contributed by atoms with Gasteiger partial charge in [-0.3, -0.25) is 4.79 Å². The van der Waals surface area contributed by atoms with Crippen molar-refractivity contribution in [3.8, 4) is 0 Å². The zero-order valence-electron chi connectivity index (χ0n) is 14.8. The van der Waals surface area contributed by atoms with Crippen LogP contribution in [-0.4, -0.2) is 37.9 Å². The third-order valence-corrected chi connectivity index (χ3v) is 4.02. The van der Waals surface area contributed by atoms with Gasteiger partial charge in [-0.05, 0) is 23.6 Å². The van der Waals surface area contributed by atoms with Crippen molar-refractivity contribution in [2.45, 2.75) is 0 Å². The number of anilines is 3. The fourth-order valence-corrected chi connectivity index (χ4v) is 2.70. The number of nitrogens with zero attached hydrogens (tertiary/aromatic N) is 2. The van der Waals surface area contributed by atoms with Gasteiger partial charge in [0.1, 0.15) is 5.82 Å². The Kier molecular flexibility index (Phi) is 4.84. The van der Waals surface area contributed by atoms with Crippen molar-refractivity contribution in [3.05, 3.63) is 60.3 Å². The average Bonchev–Trinajstić information content (AvgIpc) is 2.67. The van der Waals surface area contributed by atoms with Crippen molar-refractivity contribution < 1.29 is 14.3 Å². The fraction of sp³-hybridized carbons (Fsp3) is 0.150. The minimum absolute atomic E-state index is 0.321. The molecule has 0 unspecified atom stereocenters. The van der Waals surface area contributed by atoms with Crippen LogP contribution in [0.4, 0.5) is 17.2 Å². The minimum atomic E-state index is -0.874. The van der Waals surface area contributed by atoms with Crippen LogP contribution in [0, 0.1) is 0 Å². The van der Waals surface area contributed by atoms with Crippen molar-refractivity contribution in [3.63, 3.8) is 0 Å². The molecule has 132 valence electrons. The molecule has 0 saturated heterocycles. The summed E-state index contributed by atoms with van der Waals surface area (Å²) in [6.07, 6.45) is 1.73. The number of nitrogens with one attached hydrogen (secondary N) is 1. The molecule has 0 spiro atoms. The summed E-state index contributed by atoms with van der Waals surface area (Å²) in [5, 5.41) is 4.89. The zero-order valence-corrected chi connectivity index (χ0v) is 14.8.